The number of unbranched alkanes of at least 4 members (excludes halogenated alkanes) is 1. The van der Waals surface area contributed by atoms with Gasteiger partial charge >= 0.3 is 189 Å². The van der Waals surface area contributed by atoms with Gasteiger partial charge in [-0.15, -0.1) is 0 Å². The van der Waals surface area contributed by atoms with Crippen LogP contribution in [0, 0.1) is 3.57 Å². The van der Waals surface area contributed by atoms with E-state index in [1.54, 1.807) is 11.3 Å². The third-order valence-electron chi connectivity index (χ3n) is 7.65. The molecule has 2 aromatic carbocycles. The van der Waals surface area contributed by atoms with Crippen LogP contribution in [-0.2, 0) is 11.2 Å². The Morgan fingerprint density at radius 1 is 1.21 bits per heavy atom. The van der Waals surface area contributed by atoms with E-state index in [1.165, 1.54) is 48.0 Å². The molecule has 1 aliphatic heterocycles. The summed E-state index contributed by atoms with van der Waals surface area (Å²) in [5.74, 6) is 1.98. The van der Waals surface area contributed by atoms with Crippen LogP contribution in [0.25, 0.3) is 21.0 Å². The van der Waals surface area contributed by atoms with Crippen LogP contribution in [0.1, 0.15) is 69.9 Å². The summed E-state index contributed by atoms with van der Waals surface area (Å²) in [5, 5.41) is 4.41. The molecule has 210 valence electrons. The van der Waals surface area contributed by atoms with Crippen molar-refractivity contribution >= 4 is 17.2 Å². The van der Waals surface area contributed by atoms with Crippen molar-refractivity contribution in [2.45, 2.75) is 71.3 Å². The first-order valence-electron chi connectivity index (χ1n) is 14.5. The van der Waals surface area contributed by atoms with Crippen LogP contribution in [0.3, 0.4) is 0 Å². The molecule has 2 heterocycles. The Bertz CT molecular complexity index is 1270. The molecule has 3 aromatic rings. The molecule has 1 atom stereocenters. The summed E-state index contributed by atoms with van der Waals surface area (Å²) in [5.41, 5.74) is 5.58. The van der Waals surface area contributed by atoms with Gasteiger partial charge in [0, 0.05) is 32.6 Å². The molecule has 1 N–H and O–H groups in total. The van der Waals surface area contributed by atoms with E-state index in [1.807, 2.05) is 4.90 Å². The Morgan fingerprint density at radius 3 is 2.85 bits per heavy atom. The molecule has 39 heavy (non-hydrogen) atoms. The van der Waals surface area contributed by atoms with E-state index >= 15 is 0 Å². The molecule has 0 saturated carbocycles. The fraction of sp³-hybridized carbons (Fsp3) is 0.500. The number of fused-ring (bicyclic) bond motifs is 1. The first-order valence-corrected chi connectivity index (χ1v) is 17.9. The van der Waals surface area contributed by atoms with Gasteiger partial charge < -0.3 is 10.2 Å². The van der Waals surface area contributed by atoms with Crippen LogP contribution >= 0.6 is 11.3 Å². The number of thiazole rings is 1. The van der Waals surface area contributed by atoms with E-state index in [-0.39, 0.29) is 27.3 Å². The van der Waals surface area contributed by atoms with Gasteiger partial charge in [-0.25, -0.2) is 0 Å². The summed E-state index contributed by atoms with van der Waals surface area (Å²) in [4.78, 5) is 20.6. The van der Waals surface area contributed by atoms with Crippen molar-refractivity contribution in [1.82, 2.24) is 15.2 Å². The molecule has 1 fully saturated rings. The molecule has 1 amide bonds. The zero-order valence-corrected chi connectivity index (χ0v) is 26.4. The van der Waals surface area contributed by atoms with Crippen LogP contribution in [0.5, 0.6) is 5.75 Å². The number of carbonyl (C=O) groups is 1. The molecule has 5 nitrogen and oxygen atoms in total. The average molecular weight is 659 g/mol. The number of nitrogens with one attached hydrogen (secondary N) is 1. The van der Waals surface area contributed by atoms with Crippen molar-refractivity contribution in [3.8, 4) is 26.8 Å². The second-order valence-corrected chi connectivity index (χ2v) is 15.2. The summed E-state index contributed by atoms with van der Waals surface area (Å²) in [7, 11) is 0. The van der Waals surface area contributed by atoms with E-state index < -0.39 is 0 Å². The monoisotopic (exact) mass is 658 g/mol. The Balaban J connectivity index is 1.24. The van der Waals surface area contributed by atoms with Crippen molar-refractivity contribution in [3.63, 3.8) is 0 Å². The number of aromatic nitrogens is 1. The molecule has 0 spiro atoms. The quantitative estimate of drug-likeness (QED) is 0.195. The van der Waals surface area contributed by atoms with Gasteiger partial charge in [-0.05, 0) is 6.42 Å². The molecular weight excluding hydrogens is 617 g/mol. The summed E-state index contributed by atoms with van der Waals surface area (Å²) in [6.07, 6.45) is 8.58. The number of piperazine rings is 1. The maximum absolute atomic E-state index is 12.5. The fourth-order valence-corrected chi connectivity index (χ4v) is 8.80. The van der Waals surface area contributed by atoms with Crippen LogP contribution in [-0.4, -0.2) is 52.5 Å². The number of alkyl halides is 1. The molecule has 2 aliphatic rings. The zero-order chi connectivity index (χ0) is 27.2. The van der Waals surface area contributed by atoms with Gasteiger partial charge in [0.05, 0.1) is 0 Å². The first-order chi connectivity index (χ1) is 19.0. The third kappa shape index (κ3) is 7.03. The van der Waals surface area contributed by atoms with E-state index in [0.29, 0.717) is 18.2 Å². The average Bonchev–Trinajstić information content (AvgIpc) is 3.60. The molecule has 1 saturated heterocycles. The summed E-state index contributed by atoms with van der Waals surface area (Å²) >= 11 is 1.74. The molecule has 0 radical (unpaired) electrons. The van der Waals surface area contributed by atoms with Crippen LogP contribution in [0.15, 0.2) is 42.6 Å². The predicted octanol–water partition coefficient (Wildman–Crippen LogP) is 3.56. The van der Waals surface area contributed by atoms with E-state index in [9.17, 15) is 4.79 Å². The Hall–Kier alpha value is -1.97. The number of amides is 1. The fourth-order valence-electron chi connectivity index (χ4n) is 5.77. The number of rotatable bonds is 11. The number of benzene rings is 2. The molecule has 7 heteroatoms. The van der Waals surface area contributed by atoms with Gasteiger partial charge in [0.15, 0.2) is 0 Å². The van der Waals surface area contributed by atoms with Gasteiger partial charge in [0.1, 0.15) is 0 Å². The molecule has 0 bridgehead atoms. The number of hydrogen-bond donors (Lipinski definition) is 1. The Kier molecular flexibility index (Phi) is 9.95. The minimum atomic E-state index is -0.0660. The predicted molar refractivity (Wildman–Crippen MR) is 157 cm³/mol. The molecule has 1 aliphatic carbocycles. The second-order valence-electron chi connectivity index (χ2n) is 10.7. The van der Waals surface area contributed by atoms with Gasteiger partial charge in [-0.2, -0.15) is 0 Å². The Labute approximate surface area is 248 Å². The third-order valence-corrected chi connectivity index (χ3v) is 11.2. The van der Waals surface area contributed by atoms with Crippen LogP contribution < -0.4 is 31.3 Å². The second kappa shape index (κ2) is 13.6. The van der Waals surface area contributed by atoms with Gasteiger partial charge in [0.25, 0.3) is 0 Å². The van der Waals surface area contributed by atoms with E-state index in [0.717, 1.165) is 56.2 Å². The minimum absolute atomic E-state index is 0.0660. The standard InChI is InChI=1S/C32H41IN3O2S/c1-4-33-28-20-24(13-15-29(28)38-22(2)3)32-35-21-30(39-32)27-10-7-9-25-23(12-14-26(25)27)8-5-6-11-31(37)36-18-16-34-17-19-36/h7,9-10,13,15,20-23,34H,4-6,8,11-12,14,16-19H2,1-3H3/q-1. The number of carbonyl (C=O) groups excluding carboxylic acids is 1. The molecule has 5 rings (SSSR count). The van der Waals surface area contributed by atoms with Gasteiger partial charge in [0.2, 0.25) is 5.91 Å². The zero-order valence-electron chi connectivity index (χ0n) is 23.5. The van der Waals surface area contributed by atoms with Crippen molar-refractivity contribution in [2.24, 2.45) is 0 Å². The number of nitrogens with zero attached hydrogens (tertiary/aromatic N) is 2. The van der Waals surface area contributed by atoms with Crippen molar-refractivity contribution in [2.75, 3.05) is 30.6 Å². The summed E-state index contributed by atoms with van der Waals surface area (Å²) < 4.78 is 8.66. The normalized spacial score (nSPS) is 17.1. The first kappa shape index (κ1) is 28.6. The van der Waals surface area contributed by atoms with E-state index in [2.05, 4.69) is 68.7 Å². The van der Waals surface area contributed by atoms with Crippen molar-refractivity contribution < 1.29 is 30.7 Å². The van der Waals surface area contributed by atoms with Crippen LogP contribution in [0.2, 0.25) is 0 Å². The van der Waals surface area contributed by atoms with Gasteiger partial charge in [-0.3, -0.25) is 4.79 Å². The maximum atomic E-state index is 12.5. The number of hydrogen-bond acceptors (Lipinski definition) is 5. The van der Waals surface area contributed by atoms with Crippen molar-refractivity contribution in [1.29, 1.82) is 0 Å². The van der Waals surface area contributed by atoms with Crippen LogP contribution in [0.4, 0.5) is 0 Å². The van der Waals surface area contributed by atoms with Gasteiger partial charge in [-0.1, -0.05) is 0 Å². The molecule has 1 aromatic heterocycles. The number of ether oxygens (including phenoxy) is 1. The number of halogens is 1. The molecular formula is C32H41IN3O2S-. The SMILES string of the molecule is CC[I-]c1cc(-c2ncc(-c3cccc4c3CCC4CCCCC(=O)N3CCNCC3)s2)ccc1OC(C)C. The summed E-state index contributed by atoms with van der Waals surface area (Å²) in [6.45, 7) is 10.0. The molecule has 1 unspecified atom stereocenters. The topological polar surface area (TPSA) is 54.5 Å². The summed E-state index contributed by atoms with van der Waals surface area (Å²) in [6, 6.07) is 13.5. The van der Waals surface area contributed by atoms with E-state index in [4.69, 9.17) is 9.72 Å². The Morgan fingerprint density at radius 2 is 2.05 bits per heavy atom. The van der Waals surface area contributed by atoms with Crippen molar-refractivity contribution in [3.05, 3.63) is 57.3 Å².